The van der Waals surface area contributed by atoms with E-state index in [1.165, 1.54) is 0 Å². The van der Waals surface area contributed by atoms with E-state index < -0.39 is 5.97 Å². The largest absolute Gasteiger partial charge is 0.477 e. The number of carbonyl (C=O) groups excluding carboxylic acids is 1. The molecule has 7 nitrogen and oxygen atoms in total. The van der Waals surface area contributed by atoms with Crippen LogP contribution >= 0.6 is 22.9 Å². The number of carboxylic acids is 1. The summed E-state index contributed by atoms with van der Waals surface area (Å²) in [5.74, 6) is 5.99. The van der Waals surface area contributed by atoms with Gasteiger partial charge in [-0.25, -0.2) is 4.79 Å². The van der Waals surface area contributed by atoms with Gasteiger partial charge in [0.05, 0.1) is 16.7 Å². The Bertz CT molecular complexity index is 1120. The molecule has 1 aliphatic rings. The number of rotatable bonds is 8. The summed E-state index contributed by atoms with van der Waals surface area (Å²) in [5, 5.41) is 17.9. The molecule has 0 aliphatic heterocycles. The van der Waals surface area contributed by atoms with Crippen LogP contribution in [-0.2, 0) is 4.79 Å². The van der Waals surface area contributed by atoms with E-state index in [0.717, 1.165) is 37.0 Å². The summed E-state index contributed by atoms with van der Waals surface area (Å²) in [6, 6.07) is 4.98. The van der Waals surface area contributed by atoms with E-state index in [0.29, 0.717) is 35.3 Å². The van der Waals surface area contributed by atoms with Gasteiger partial charge in [0.15, 0.2) is 5.15 Å². The SMILES string of the molecule is C[C@@H](CCN(c1cc(C#CC(C)(C)C)sc1C(=O)O)C(=O)[C@H]1CC[C@H](C)CC1)Oc1ccc(Cl)nn1. The second-order valence-corrected chi connectivity index (χ2v) is 11.9. The monoisotopic (exact) mass is 531 g/mol. The smallest absolute Gasteiger partial charge is 0.348 e. The zero-order valence-electron chi connectivity index (χ0n) is 21.5. The number of carbonyl (C=O) groups is 2. The van der Waals surface area contributed by atoms with Crippen molar-refractivity contribution in [3.63, 3.8) is 0 Å². The van der Waals surface area contributed by atoms with E-state index in [1.807, 2.05) is 27.7 Å². The lowest BCUT2D eigenvalue weighted by Gasteiger charge is -2.31. The third-order valence-corrected chi connectivity index (χ3v) is 7.31. The van der Waals surface area contributed by atoms with Crippen molar-refractivity contribution in [2.75, 3.05) is 11.4 Å². The lowest BCUT2D eigenvalue weighted by molar-refractivity contribution is -0.123. The van der Waals surface area contributed by atoms with Crippen LogP contribution in [-0.4, -0.2) is 39.8 Å². The third-order valence-electron chi connectivity index (χ3n) is 6.08. The molecule has 0 radical (unpaired) electrons. The molecule has 3 rings (SSSR count). The average molecular weight is 532 g/mol. The first kappa shape index (κ1) is 27.9. The fourth-order valence-electron chi connectivity index (χ4n) is 4.07. The molecule has 1 saturated carbocycles. The quantitative estimate of drug-likeness (QED) is 0.401. The molecule has 0 saturated heterocycles. The predicted octanol–water partition coefficient (Wildman–Crippen LogP) is 6.30. The molecule has 0 aromatic carbocycles. The Balaban J connectivity index is 1.87. The summed E-state index contributed by atoms with van der Waals surface area (Å²) >= 11 is 6.91. The topological polar surface area (TPSA) is 92.6 Å². The third kappa shape index (κ3) is 7.94. The summed E-state index contributed by atoms with van der Waals surface area (Å²) in [6.07, 6.45) is 3.82. The maximum Gasteiger partial charge on any atom is 0.348 e. The Labute approximate surface area is 222 Å². The van der Waals surface area contributed by atoms with E-state index in [2.05, 4.69) is 29.0 Å². The van der Waals surface area contributed by atoms with Gasteiger partial charge in [0.25, 0.3) is 0 Å². The normalized spacial score (nSPS) is 18.6. The standard InChI is InChI=1S/C27H34ClN3O4S/c1-17-6-8-19(9-7-17)25(32)31(15-13-18(2)35-23-11-10-22(28)29-30-23)21-16-20(12-14-27(3,4)5)36-24(21)26(33)34/h10-11,16-19H,6-9,13,15H2,1-5H3,(H,33,34)/t17-,18-,19-/m0/s1. The molecule has 1 atom stereocenters. The van der Waals surface area contributed by atoms with Gasteiger partial charge in [-0.05, 0) is 71.4 Å². The van der Waals surface area contributed by atoms with Crippen LogP contribution in [0.15, 0.2) is 18.2 Å². The summed E-state index contributed by atoms with van der Waals surface area (Å²) in [6.45, 7) is 10.4. The van der Waals surface area contributed by atoms with Crippen molar-refractivity contribution < 1.29 is 19.4 Å². The molecule has 194 valence electrons. The number of aromatic carboxylic acids is 1. The van der Waals surface area contributed by atoms with Crippen molar-refractivity contribution in [1.82, 2.24) is 10.2 Å². The van der Waals surface area contributed by atoms with Gasteiger partial charge in [-0.15, -0.1) is 21.5 Å². The van der Waals surface area contributed by atoms with Crippen molar-refractivity contribution >= 4 is 40.5 Å². The summed E-state index contributed by atoms with van der Waals surface area (Å²) < 4.78 is 5.85. The minimum Gasteiger partial charge on any atom is -0.477 e. The molecule has 2 heterocycles. The van der Waals surface area contributed by atoms with Gasteiger partial charge in [0, 0.05) is 30.4 Å². The fourth-order valence-corrected chi connectivity index (χ4v) is 5.02. The fraction of sp³-hybridized carbons (Fsp3) is 0.556. The van der Waals surface area contributed by atoms with Gasteiger partial charge in [-0.3, -0.25) is 4.79 Å². The van der Waals surface area contributed by atoms with Crippen LogP contribution in [0.2, 0.25) is 5.15 Å². The summed E-state index contributed by atoms with van der Waals surface area (Å²) in [7, 11) is 0. The van der Waals surface area contributed by atoms with Crippen molar-refractivity contribution in [2.24, 2.45) is 17.3 Å². The van der Waals surface area contributed by atoms with Crippen LogP contribution in [0.25, 0.3) is 0 Å². The minimum atomic E-state index is -1.06. The second-order valence-electron chi connectivity index (χ2n) is 10.5. The number of anilines is 1. The molecule has 36 heavy (non-hydrogen) atoms. The minimum absolute atomic E-state index is 0.0315. The summed E-state index contributed by atoms with van der Waals surface area (Å²) in [5.41, 5.74) is 0.187. The Morgan fingerprint density at radius 3 is 2.53 bits per heavy atom. The molecule has 0 spiro atoms. The molecule has 9 heteroatoms. The lowest BCUT2D eigenvalue weighted by atomic mass is 9.82. The Morgan fingerprint density at radius 1 is 1.25 bits per heavy atom. The first-order valence-electron chi connectivity index (χ1n) is 12.3. The molecule has 2 aromatic rings. The number of ether oxygens (including phenoxy) is 1. The highest BCUT2D eigenvalue weighted by Crippen LogP contribution is 2.35. The molecule has 0 unspecified atom stereocenters. The van der Waals surface area contributed by atoms with E-state index in [9.17, 15) is 14.7 Å². The van der Waals surface area contributed by atoms with Gasteiger partial charge < -0.3 is 14.7 Å². The summed E-state index contributed by atoms with van der Waals surface area (Å²) in [4.78, 5) is 28.3. The van der Waals surface area contributed by atoms with Gasteiger partial charge in [0.1, 0.15) is 4.88 Å². The second kappa shape index (κ2) is 12.1. The number of nitrogens with zero attached hydrogens (tertiary/aromatic N) is 3. The van der Waals surface area contributed by atoms with Crippen LogP contribution in [0.4, 0.5) is 5.69 Å². The predicted molar refractivity (Wildman–Crippen MR) is 143 cm³/mol. The number of amides is 1. The van der Waals surface area contributed by atoms with Crippen LogP contribution in [0.1, 0.15) is 81.3 Å². The Morgan fingerprint density at radius 2 is 1.94 bits per heavy atom. The van der Waals surface area contributed by atoms with E-state index in [4.69, 9.17) is 16.3 Å². The van der Waals surface area contributed by atoms with Crippen LogP contribution in [0.5, 0.6) is 5.88 Å². The molecule has 1 N–H and O–H groups in total. The molecule has 0 bridgehead atoms. The highest BCUT2D eigenvalue weighted by Gasteiger charge is 2.32. The molecule has 1 amide bonds. The first-order valence-corrected chi connectivity index (χ1v) is 13.5. The number of thiophene rings is 1. The highest BCUT2D eigenvalue weighted by molar-refractivity contribution is 7.15. The van der Waals surface area contributed by atoms with Gasteiger partial charge in [-0.1, -0.05) is 30.4 Å². The van der Waals surface area contributed by atoms with Crippen molar-refractivity contribution in [1.29, 1.82) is 0 Å². The van der Waals surface area contributed by atoms with Crippen LogP contribution in [0, 0.1) is 29.1 Å². The van der Waals surface area contributed by atoms with Crippen molar-refractivity contribution in [2.45, 2.75) is 72.8 Å². The lowest BCUT2D eigenvalue weighted by Crippen LogP contribution is -2.40. The zero-order valence-corrected chi connectivity index (χ0v) is 23.1. The number of halogens is 1. The van der Waals surface area contributed by atoms with E-state index >= 15 is 0 Å². The van der Waals surface area contributed by atoms with Gasteiger partial charge in [-0.2, -0.15) is 0 Å². The van der Waals surface area contributed by atoms with Crippen LogP contribution in [0.3, 0.4) is 0 Å². The number of hydrogen-bond donors (Lipinski definition) is 1. The molecule has 2 aromatic heterocycles. The maximum absolute atomic E-state index is 13.7. The molecule has 1 aliphatic carbocycles. The molecular weight excluding hydrogens is 498 g/mol. The van der Waals surface area contributed by atoms with E-state index in [-0.39, 0.29) is 33.4 Å². The zero-order chi connectivity index (χ0) is 26.5. The van der Waals surface area contributed by atoms with Crippen molar-refractivity contribution in [3.05, 3.63) is 33.1 Å². The van der Waals surface area contributed by atoms with Crippen LogP contribution < -0.4 is 9.64 Å². The Hall–Kier alpha value is -2.63. The Kier molecular flexibility index (Phi) is 9.37. The molecular formula is C27H34ClN3O4S. The number of carboxylic acid groups (broad SMARTS) is 1. The maximum atomic E-state index is 13.7. The number of aromatic nitrogens is 2. The van der Waals surface area contributed by atoms with Gasteiger partial charge in [0.2, 0.25) is 11.8 Å². The molecule has 1 fully saturated rings. The van der Waals surface area contributed by atoms with E-state index in [1.54, 1.807) is 23.1 Å². The van der Waals surface area contributed by atoms with Gasteiger partial charge >= 0.3 is 5.97 Å². The highest BCUT2D eigenvalue weighted by atomic mass is 35.5. The average Bonchev–Trinajstić information content (AvgIpc) is 3.24. The first-order chi connectivity index (χ1) is 16.9. The number of hydrogen-bond acceptors (Lipinski definition) is 6. The van der Waals surface area contributed by atoms with Crippen molar-refractivity contribution in [3.8, 4) is 17.7 Å².